The van der Waals surface area contributed by atoms with Crippen molar-refractivity contribution in [3.8, 4) is 0 Å². The summed E-state index contributed by atoms with van der Waals surface area (Å²) >= 11 is 6.03. The molecule has 0 N–H and O–H groups in total. The highest BCUT2D eigenvalue weighted by molar-refractivity contribution is 7.89. The van der Waals surface area contributed by atoms with Gasteiger partial charge in [0.1, 0.15) is 5.60 Å². The molecular formula is C16H23ClN2O4S. The molecule has 0 aliphatic carbocycles. The Labute approximate surface area is 148 Å². The zero-order valence-corrected chi connectivity index (χ0v) is 15.9. The van der Waals surface area contributed by atoms with Crippen molar-refractivity contribution in [2.24, 2.45) is 0 Å². The summed E-state index contributed by atoms with van der Waals surface area (Å²) in [5, 5.41) is 0.420. The van der Waals surface area contributed by atoms with Gasteiger partial charge < -0.3 is 9.64 Å². The molecule has 1 aliphatic heterocycles. The van der Waals surface area contributed by atoms with Gasteiger partial charge in [0.25, 0.3) is 0 Å². The largest absolute Gasteiger partial charge is 0.444 e. The van der Waals surface area contributed by atoms with Gasteiger partial charge in [0, 0.05) is 31.2 Å². The van der Waals surface area contributed by atoms with E-state index in [-0.39, 0.29) is 18.0 Å². The Bertz CT molecular complexity index is 720. The van der Waals surface area contributed by atoms with Crippen LogP contribution in [0.15, 0.2) is 23.1 Å². The molecule has 134 valence electrons. The molecule has 0 saturated carbocycles. The Morgan fingerprint density at radius 2 is 1.75 bits per heavy atom. The van der Waals surface area contributed by atoms with Gasteiger partial charge in [-0.05, 0) is 45.4 Å². The number of halogens is 1. The first-order valence-corrected chi connectivity index (χ1v) is 9.57. The number of hydrogen-bond donors (Lipinski definition) is 0. The highest BCUT2D eigenvalue weighted by Gasteiger charge is 2.32. The molecule has 1 saturated heterocycles. The Balaban J connectivity index is 2.05. The second-order valence-corrected chi connectivity index (χ2v) is 9.13. The number of carbonyl (C=O) groups is 1. The first-order valence-electron chi connectivity index (χ1n) is 7.75. The first kappa shape index (κ1) is 19.0. The predicted octanol–water partition coefficient (Wildman–Crippen LogP) is 2.89. The Morgan fingerprint density at radius 3 is 2.25 bits per heavy atom. The van der Waals surface area contributed by atoms with Crippen molar-refractivity contribution in [2.75, 3.05) is 26.2 Å². The molecular weight excluding hydrogens is 352 g/mol. The average Bonchev–Trinajstić information content (AvgIpc) is 2.48. The van der Waals surface area contributed by atoms with Crippen LogP contribution in [0.1, 0.15) is 26.3 Å². The number of hydrogen-bond acceptors (Lipinski definition) is 4. The van der Waals surface area contributed by atoms with Crippen LogP contribution in [0.2, 0.25) is 5.02 Å². The molecule has 6 nitrogen and oxygen atoms in total. The van der Waals surface area contributed by atoms with E-state index in [1.54, 1.807) is 32.9 Å². The van der Waals surface area contributed by atoms with Crippen molar-refractivity contribution in [1.82, 2.24) is 9.21 Å². The number of amides is 1. The third-order valence-corrected chi connectivity index (χ3v) is 5.97. The number of benzene rings is 1. The van der Waals surface area contributed by atoms with E-state index in [0.29, 0.717) is 18.1 Å². The third-order valence-electron chi connectivity index (χ3n) is 3.67. The van der Waals surface area contributed by atoms with Gasteiger partial charge in [-0.3, -0.25) is 0 Å². The maximum atomic E-state index is 12.7. The standard InChI is InChI=1S/C16H23ClN2O4S/c1-12-5-6-13(11-14(12)17)24(21,22)19-9-7-18(8-10-19)15(20)23-16(2,3)4/h5-6,11H,7-10H2,1-4H3. The van der Waals surface area contributed by atoms with Crippen molar-refractivity contribution < 1.29 is 17.9 Å². The lowest BCUT2D eigenvalue weighted by Crippen LogP contribution is -2.51. The van der Waals surface area contributed by atoms with Crippen LogP contribution >= 0.6 is 11.6 Å². The van der Waals surface area contributed by atoms with Gasteiger partial charge in [0.2, 0.25) is 10.0 Å². The summed E-state index contributed by atoms with van der Waals surface area (Å²) < 4.78 is 32.1. The summed E-state index contributed by atoms with van der Waals surface area (Å²) in [5.41, 5.74) is 0.254. The van der Waals surface area contributed by atoms with Gasteiger partial charge in [-0.1, -0.05) is 17.7 Å². The number of piperazine rings is 1. The number of aryl methyl sites for hydroxylation is 1. The second kappa shape index (κ2) is 6.90. The predicted molar refractivity (Wildman–Crippen MR) is 92.8 cm³/mol. The van der Waals surface area contributed by atoms with Crippen molar-refractivity contribution in [3.63, 3.8) is 0 Å². The van der Waals surface area contributed by atoms with E-state index < -0.39 is 21.7 Å². The summed E-state index contributed by atoms with van der Waals surface area (Å²) in [7, 11) is -3.62. The number of rotatable bonds is 2. The van der Waals surface area contributed by atoms with Crippen LogP contribution in [0.5, 0.6) is 0 Å². The van der Waals surface area contributed by atoms with Crippen LogP contribution in [0.3, 0.4) is 0 Å². The molecule has 1 heterocycles. The fourth-order valence-electron chi connectivity index (χ4n) is 2.32. The Kier molecular flexibility index (Phi) is 5.47. The zero-order chi connectivity index (χ0) is 18.1. The summed E-state index contributed by atoms with van der Waals surface area (Å²) in [6, 6.07) is 4.70. The zero-order valence-electron chi connectivity index (χ0n) is 14.4. The van der Waals surface area contributed by atoms with Gasteiger partial charge in [0.15, 0.2) is 0 Å². The number of carbonyl (C=O) groups excluding carboxylic acids is 1. The van der Waals surface area contributed by atoms with E-state index in [9.17, 15) is 13.2 Å². The third kappa shape index (κ3) is 4.40. The van der Waals surface area contributed by atoms with Crippen LogP contribution in [0.25, 0.3) is 0 Å². The maximum Gasteiger partial charge on any atom is 0.410 e. The smallest absolute Gasteiger partial charge is 0.410 e. The first-order chi connectivity index (χ1) is 11.0. The van der Waals surface area contributed by atoms with E-state index >= 15 is 0 Å². The molecule has 1 aromatic carbocycles. The molecule has 8 heteroatoms. The van der Waals surface area contributed by atoms with Crippen LogP contribution in [-0.2, 0) is 14.8 Å². The lowest BCUT2D eigenvalue weighted by Gasteiger charge is -2.35. The average molecular weight is 375 g/mol. The molecule has 0 bridgehead atoms. The summed E-state index contributed by atoms with van der Waals surface area (Å²) in [5.74, 6) is 0. The molecule has 0 spiro atoms. The number of ether oxygens (including phenoxy) is 1. The minimum Gasteiger partial charge on any atom is -0.444 e. The fraction of sp³-hybridized carbons (Fsp3) is 0.562. The van der Waals surface area contributed by atoms with Crippen LogP contribution < -0.4 is 0 Å². The normalized spacial score (nSPS) is 17.0. The minimum absolute atomic E-state index is 0.170. The monoisotopic (exact) mass is 374 g/mol. The lowest BCUT2D eigenvalue weighted by atomic mass is 10.2. The SMILES string of the molecule is Cc1ccc(S(=O)(=O)N2CCN(C(=O)OC(C)(C)C)CC2)cc1Cl. The summed E-state index contributed by atoms with van der Waals surface area (Å²) in [6.45, 7) is 8.27. The topological polar surface area (TPSA) is 66.9 Å². The van der Waals surface area contributed by atoms with Crippen molar-refractivity contribution in [1.29, 1.82) is 0 Å². The van der Waals surface area contributed by atoms with Crippen LogP contribution in [0, 0.1) is 6.92 Å². The number of sulfonamides is 1. The van der Waals surface area contributed by atoms with E-state index in [2.05, 4.69) is 0 Å². The highest BCUT2D eigenvalue weighted by atomic mass is 35.5. The number of nitrogens with zero attached hydrogens (tertiary/aromatic N) is 2. The summed E-state index contributed by atoms with van der Waals surface area (Å²) in [6.07, 6.45) is -0.419. The van der Waals surface area contributed by atoms with Crippen molar-refractivity contribution >= 4 is 27.7 Å². The lowest BCUT2D eigenvalue weighted by molar-refractivity contribution is 0.0192. The van der Waals surface area contributed by atoms with E-state index in [1.807, 2.05) is 6.92 Å². The van der Waals surface area contributed by atoms with E-state index in [4.69, 9.17) is 16.3 Å². The second-order valence-electron chi connectivity index (χ2n) is 6.78. The quantitative estimate of drug-likeness (QED) is 0.798. The molecule has 1 amide bonds. The molecule has 0 radical (unpaired) electrons. The van der Waals surface area contributed by atoms with Crippen LogP contribution in [-0.4, -0.2) is 55.5 Å². The molecule has 0 aromatic heterocycles. The molecule has 0 atom stereocenters. The minimum atomic E-state index is -3.62. The van der Waals surface area contributed by atoms with Gasteiger partial charge in [0.05, 0.1) is 4.90 Å². The molecule has 1 aliphatic rings. The fourth-order valence-corrected chi connectivity index (χ4v) is 4.01. The highest BCUT2D eigenvalue weighted by Crippen LogP contribution is 2.24. The van der Waals surface area contributed by atoms with Gasteiger partial charge in [-0.25, -0.2) is 13.2 Å². The molecule has 1 aromatic rings. The molecule has 1 fully saturated rings. The van der Waals surface area contributed by atoms with Crippen molar-refractivity contribution in [2.45, 2.75) is 38.2 Å². The summed E-state index contributed by atoms with van der Waals surface area (Å²) in [4.78, 5) is 13.7. The van der Waals surface area contributed by atoms with Crippen LogP contribution in [0.4, 0.5) is 4.79 Å². The van der Waals surface area contributed by atoms with E-state index in [1.165, 1.54) is 15.3 Å². The van der Waals surface area contributed by atoms with Crippen molar-refractivity contribution in [3.05, 3.63) is 28.8 Å². The van der Waals surface area contributed by atoms with E-state index in [0.717, 1.165) is 5.56 Å². The molecule has 2 rings (SSSR count). The van der Waals surface area contributed by atoms with Gasteiger partial charge in [-0.15, -0.1) is 0 Å². The Morgan fingerprint density at radius 1 is 1.17 bits per heavy atom. The Hall–Kier alpha value is -1.31. The maximum absolute atomic E-state index is 12.7. The molecule has 24 heavy (non-hydrogen) atoms. The van der Waals surface area contributed by atoms with Gasteiger partial charge in [-0.2, -0.15) is 4.31 Å². The van der Waals surface area contributed by atoms with Gasteiger partial charge >= 0.3 is 6.09 Å². The molecule has 0 unspecified atom stereocenters.